The van der Waals surface area contributed by atoms with E-state index < -0.39 is 11.9 Å². The summed E-state index contributed by atoms with van der Waals surface area (Å²) in [6.07, 6.45) is -0.592. The Morgan fingerprint density at radius 3 is 2.45 bits per heavy atom. The highest BCUT2D eigenvalue weighted by atomic mass is 19.4. The van der Waals surface area contributed by atoms with Crippen molar-refractivity contribution < 1.29 is 13.2 Å². The lowest BCUT2D eigenvalue weighted by molar-refractivity contribution is -0.141. The van der Waals surface area contributed by atoms with Gasteiger partial charge in [-0.25, -0.2) is 4.98 Å². The number of hydrogen-bond donors (Lipinski definition) is 1. The maximum absolute atomic E-state index is 13.1. The van der Waals surface area contributed by atoms with Crippen molar-refractivity contribution >= 4 is 17.3 Å². The molecule has 2 aliphatic rings. The Kier molecular flexibility index (Phi) is 5.17. The second-order valence-corrected chi connectivity index (χ2v) is 8.25. The summed E-state index contributed by atoms with van der Waals surface area (Å²) in [5.74, 6) is 1.03. The summed E-state index contributed by atoms with van der Waals surface area (Å²) in [6, 6.07) is 9.11. The molecule has 3 aromatic rings. The topological polar surface area (TPSA) is 61.6 Å². The van der Waals surface area contributed by atoms with Gasteiger partial charge in [0.1, 0.15) is 12.1 Å². The Balaban J connectivity index is 1.22. The van der Waals surface area contributed by atoms with Gasteiger partial charge in [0.05, 0.1) is 0 Å². The normalized spacial score (nSPS) is 18.0. The first kappa shape index (κ1) is 20.0. The fourth-order valence-electron chi connectivity index (χ4n) is 3.95. The average molecular weight is 431 g/mol. The SMILES string of the molecule is FC(F)(F)c1cc(NCc2ccc(N3CCN(CC4CC4)CC3)cc2)n2ncnc2n1. The van der Waals surface area contributed by atoms with Crippen molar-refractivity contribution in [2.75, 3.05) is 42.9 Å². The van der Waals surface area contributed by atoms with Crippen LogP contribution in [0.25, 0.3) is 5.78 Å². The van der Waals surface area contributed by atoms with E-state index in [1.54, 1.807) is 0 Å². The summed E-state index contributed by atoms with van der Waals surface area (Å²) in [5.41, 5.74) is 1.15. The first-order valence-electron chi connectivity index (χ1n) is 10.5. The van der Waals surface area contributed by atoms with Crippen molar-refractivity contribution in [3.8, 4) is 0 Å². The Morgan fingerprint density at radius 1 is 1.03 bits per heavy atom. The first-order valence-corrected chi connectivity index (χ1v) is 10.5. The lowest BCUT2D eigenvalue weighted by atomic mass is 10.1. The van der Waals surface area contributed by atoms with E-state index in [0.29, 0.717) is 6.54 Å². The fourth-order valence-corrected chi connectivity index (χ4v) is 3.95. The fraction of sp³-hybridized carbons (Fsp3) is 0.476. The third-order valence-electron chi connectivity index (χ3n) is 5.90. The minimum atomic E-state index is -4.55. The third-order valence-corrected chi connectivity index (χ3v) is 5.90. The zero-order chi connectivity index (χ0) is 21.4. The van der Waals surface area contributed by atoms with Crippen molar-refractivity contribution in [3.63, 3.8) is 0 Å². The molecule has 0 atom stereocenters. The van der Waals surface area contributed by atoms with Crippen molar-refractivity contribution in [2.45, 2.75) is 25.6 Å². The number of alkyl halides is 3. The third kappa shape index (κ3) is 4.58. The van der Waals surface area contributed by atoms with Crippen LogP contribution in [0.1, 0.15) is 24.1 Å². The second kappa shape index (κ2) is 7.99. The molecule has 1 aliphatic heterocycles. The molecule has 0 unspecified atom stereocenters. The number of nitrogens with zero attached hydrogens (tertiary/aromatic N) is 6. The Labute approximate surface area is 177 Å². The van der Waals surface area contributed by atoms with E-state index in [0.717, 1.165) is 43.7 Å². The van der Waals surface area contributed by atoms with Gasteiger partial charge in [-0.15, -0.1) is 0 Å². The number of fused-ring (bicyclic) bond motifs is 1. The number of benzene rings is 1. The highest BCUT2D eigenvalue weighted by Crippen LogP contribution is 2.31. The van der Waals surface area contributed by atoms with Gasteiger partial charge in [-0.1, -0.05) is 12.1 Å². The molecule has 2 aromatic heterocycles. The van der Waals surface area contributed by atoms with Gasteiger partial charge in [0, 0.05) is 51.0 Å². The van der Waals surface area contributed by atoms with Crippen LogP contribution in [-0.4, -0.2) is 57.2 Å². The van der Waals surface area contributed by atoms with E-state index in [4.69, 9.17) is 0 Å². The summed E-state index contributed by atoms with van der Waals surface area (Å²) in [5, 5.41) is 6.99. The molecule has 0 spiro atoms. The molecule has 10 heteroatoms. The molecule has 1 N–H and O–H groups in total. The monoisotopic (exact) mass is 431 g/mol. The number of anilines is 2. The maximum Gasteiger partial charge on any atom is 0.433 e. The lowest BCUT2D eigenvalue weighted by Gasteiger charge is -2.36. The van der Waals surface area contributed by atoms with Gasteiger partial charge in [-0.05, 0) is 36.5 Å². The second-order valence-electron chi connectivity index (χ2n) is 8.25. The number of halogens is 3. The largest absolute Gasteiger partial charge is 0.433 e. The van der Waals surface area contributed by atoms with Crippen molar-refractivity contribution in [1.29, 1.82) is 0 Å². The van der Waals surface area contributed by atoms with Gasteiger partial charge < -0.3 is 10.2 Å². The Bertz CT molecular complexity index is 1040. The van der Waals surface area contributed by atoms with Crippen LogP contribution < -0.4 is 10.2 Å². The number of rotatable bonds is 6. The number of piperazine rings is 1. The van der Waals surface area contributed by atoms with Crippen LogP contribution in [0.2, 0.25) is 0 Å². The molecule has 7 nitrogen and oxygen atoms in total. The van der Waals surface area contributed by atoms with Gasteiger partial charge in [-0.2, -0.15) is 27.8 Å². The average Bonchev–Trinajstić information content (AvgIpc) is 3.44. The molecule has 3 heterocycles. The minimum absolute atomic E-state index is 0.0894. The van der Waals surface area contributed by atoms with E-state index in [9.17, 15) is 13.2 Å². The first-order chi connectivity index (χ1) is 15.0. The molecule has 1 aromatic carbocycles. The maximum atomic E-state index is 13.1. The standard InChI is InChI=1S/C21H24F3N7/c22-21(23,24)18-11-19(31-20(28-18)26-14-27-31)25-12-15-3-5-17(6-4-15)30-9-7-29(8-10-30)13-16-1-2-16/h3-6,11,14,16,25H,1-2,7-10,12-13H2. The van der Waals surface area contributed by atoms with Crippen LogP contribution in [-0.2, 0) is 12.7 Å². The molecule has 31 heavy (non-hydrogen) atoms. The molecule has 1 saturated carbocycles. The van der Waals surface area contributed by atoms with Gasteiger partial charge in [0.15, 0.2) is 5.69 Å². The summed E-state index contributed by atoms with van der Waals surface area (Å²) in [7, 11) is 0. The van der Waals surface area contributed by atoms with E-state index in [1.165, 1.54) is 35.9 Å². The molecular weight excluding hydrogens is 407 g/mol. The Hall–Kier alpha value is -2.88. The zero-order valence-corrected chi connectivity index (χ0v) is 17.0. The van der Waals surface area contributed by atoms with Gasteiger partial charge in [-0.3, -0.25) is 4.90 Å². The minimum Gasteiger partial charge on any atom is -0.369 e. The molecule has 1 saturated heterocycles. The highest BCUT2D eigenvalue weighted by molar-refractivity contribution is 5.50. The van der Waals surface area contributed by atoms with Crippen molar-refractivity contribution in [3.05, 3.63) is 47.9 Å². The predicted molar refractivity (Wildman–Crippen MR) is 111 cm³/mol. The zero-order valence-electron chi connectivity index (χ0n) is 17.0. The summed E-state index contributed by atoms with van der Waals surface area (Å²) in [4.78, 5) is 12.3. The van der Waals surface area contributed by atoms with E-state index in [1.807, 2.05) is 12.1 Å². The van der Waals surface area contributed by atoms with Crippen LogP contribution in [0.3, 0.4) is 0 Å². The van der Waals surface area contributed by atoms with Crippen LogP contribution in [0.15, 0.2) is 36.7 Å². The van der Waals surface area contributed by atoms with Gasteiger partial charge >= 0.3 is 6.18 Å². The van der Waals surface area contributed by atoms with E-state index >= 15 is 0 Å². The Morgan fingerprint density at radius 2 is 1.77 bits per heavy atom. The van der Waals surface area contributed by atoms with Gasteiger partial charge in [0.2, 0.25) is 0 Å². The van der Waals surface area contributed by atoms with Gasteiger partial charge in [0.25, 0.3) is 5.78 Å². The smallest absolute Gasteiger partial charge is 0.369 e. The summed E-state index contributed by atoms with van der Waals surface area (Å²) < 4.78 is 40.6. The summed E-state index contributed by atoms with van der Waals surface area (Å²) >= 11 is 0. The molecule has 0 bridgehead atoms. The number of hydrogen-bond acceptors (Lipinski definition) is 6. The molecule has 164 valence electrons. The highest BCUT2D eigenvalue weighted by Gasteiger charge is 2.34. The molecular formula is C21H24F3N7. The molecule has 0 radical (unpaired) electrons. The molecule has 1 aliphatic carbocycles. The van der Waals surface area contributed by atoms with Crippen molar-refractivity contribution in [1.82, 2.24) is 24.5 Å². The lowest BCUT2D eigenvalue weighted by Crippen LogP contribution is -2.47. The van der Waals surface area contributed by atoms with E-state index in [2.05, 4.69) is 42.3 Å². The number of nitrogens with one attached hydrogen (secondary N) is 1. The number of aromatic nitrogens is 4. The van der Waals surface area contributed by atoms with Crippen LogP contribution in [0.5, 0.6) is 0 Å². The molecule has 2 fully saturated rings. The molecule has 0 amide bonds. The van der Waals surface area contributed by atoms with Crippen LogP contribution >= 0.6 is 0 Å². The predicted octanol–water partition coefficient (Wildman–Crippen LogP) is 3.29. The van der Waals surface area contributed by atoms with E-state index in [-0.39, 0.29) is 11.6 Å². The van der Waals surface area contributed by atoms with Crippen molar-refractivity contribution in [2.24, 2.45) is 5.92 Å². The quantitative estimate of drug-likeness (QED) is 0.646. The van der Waals surface area contributed by atoms with Crippen LogP contribution in [0.4, 0.5) is 24.7 Å². The van der Waals surface area contributed by atoms with Crippen LogP contribution in [0, 0.1) is 5.92 Å². The summed E-state index contributed by atoms with van der Waals surface area (Å²) in [6.45, 7) is 5.83. The molecule has 5 rings (SSSR count).